The van der Waals surface area contributed by atoms with Crippen LogP contribution in [-0.4, -0.2) is 9.55 Å². The van der Waals surface area contributed by atoms with Gasteiger partial charge in [-0.2, -0.15) is 4.98 Å². The Kier molecular flexibility index (Phi) is 3.74. The van der Waals surface area contributed by atoms with E-state index in [2.05, 4.69) is 34.8 Å². The largest absolute Gasteiger partial charge is 0.424 e. The van der Waals surface area contributed by atoms with Crippen molar-refractivity contribution in [3.05, 3.63) is 40.1 Å². The zero-order valence-corrected chi connectivity index (χ0v) is 11.9. The third-order valence-corrected chi connectivity index (χ3v) is 2.96. The topological polar surface area (TPSA) is 27.1 Å². The van der Waals surface area contributed by atoms with E-state index in [1.165, 1.54) is 0 Å². The highest BCUT2D eigenvalue weighted by Crippen LogP contribution is 2.30. The third-order valence-electron chi connectivity index (χ3n) is 2.26. The van der Waals surface area contributed by atoms with E-state index in [0.717, 1.165) is 4.60 Å². The van der Waals surface area contributed by atoms with Gasteiger partial charge in [0.05, 0.1) is 5.02 Å². The Balaban J connectivity index is 2.33. The van der Waals surface area contributed by atoms with E-state index in [-0.39, 0.29) is 6.04 Å². The van der Waals surface area contributed by atoms with Crippen molar-refractivity contribution in [2.45, 2.75) is 19.9 Å². The summed E-state index contributed by atoms with van der Waals surface area (Å²) in [5.74, 6) is 0.606. The average molecular weight is 316 g/mol. The van der Waals surface area contributed by atoms with E-state index in [0.29, 0.717) is 16.8 Å². The zero-order valence-electron chi connectivity index (χ0n) is 9.52. The van der Waals surface area contributed by atoms with Crippen LogP contribution in [0.2, 0.25) is 5.02 Å². The van der Waals surface area contributed by atoms with Gasteiger partial charge in [0.1, 0.15) is 10.4 Å². The fraction of sp³-hybridized carbons (Fsp3) is 0.250. The highest BCUT2D eigenvalue weighted by molar-refractivity contribution is 9.10. The maximum absolute atomic E-state index is 6.04. The van der Waals surface area contributed by atoms with Crippen molar-refractivity contribution < 1.29 is 4.74 Å². The minimum absolute atomic E-state index is 0.270. The molecular weight excluding hydrogens is 304 g/mol. The lowest BCUT2D eigenvalue weighted by Crippen LogP contribution is -2.02. The standard InChI is InChI=1S/C12H12BrClN2O/c1-8(2)16-7-11(13)15-12(16)17-10-6-4-3-5-9(10)14/h3-8H,1-2H3. The van der Waals surface area contributed by atoms with Crippen molar-refractivity contribution in [2.24, 2.45) is 0 Å². The Morgan fingerprint density at radius 2 is 2.06 bits per heavy atom. The minimum Gasteiger partial charge on any atom is -0.424 e. The van der Waals surface area contributed by atoms with Crippen molar-refractivity contribution in [1.82, 2.24) is 9.55 Å². The predicted octanol–water partition coefficient (Wildman–Crippen LogP) is 4.67. The van der Waals surface area contributed by atoms with Gasteiger partial charge in [-0.25, -0.2) is 0 Å². The number of benzene rings is 1. The van der Waals surface area contributed by atoms with Crippen LogP contribution in [0, 0.1) is 0 Å². The number of nitrogens with zero attached hydrogens (tertiary/aromatic N) is 2. The normalized spacial score (nSPS) is 10.9. The van der Waals surface area contributed by atoms with E-state index in [4.69, 9.17) is 16.3 Å². The molecule has 1 aromatic heterocycles. The van der Waals surface area contributed by atoms with Gasteiger partial charge in [0, 0.05) is 12.2 Å². The van der Waals surface area contributed by atoms with Crippen molar-refractivity contribution in [3.8, 4) is 11.8 Å². The summed E-state index contributed by atoms with van der Waals surface area (Å²) < 4.78 is 8.39. The third kappa shape index (κ3) is 2.82. The summed E-state index contributed by atoms with van der Waals surface area (Å²) in [7, 11) is 0. The molecule has 0 saturated heterocycles. The van der Waals surface area contributed by atoms with Gasteiger partial charge in [-0.05, 0) is 41.9 Å². The molecule has 0 bridgehead atoms. The average Bonchev–Trinajstić information content (AvgIpc) is 2.63. The number of hydrogen-bond donors (Lipinski definition) is 0. The van der Waals surface area contributed by atoms with Gasteiger partial charge in [0.2, 0.25) is 0 Å². The zero-order chi connectivity index (χ0) is 12.4. The summed E-state index contributed by atoms with van der Waals surface area (Å²) in [6, 6.07) is 8.13. The summed E-state index contributed by atoms with van der Waals surface area (Å²) in [6.45, 7) is 4.13. The molecule has 0 N–H and O–H groups in total. The van der Waals surface area contributed by atoms with Crippen molar-refractivity contribution in [3.63, 3.8) is 0 Å². The lowest BCUT2D eigenvalue weighted by molar-refractivity contribution is 0.396. The summed E-state index contributed by atoms with van der Waals surface area (Å²) in [4.78, 5) is 4.27. The van der Waals surface area contributed by atoms with Crippen LogP contribution in [0.5, 0.6) is 11.8 Å². The van der Waals surface area contributed by atoms with E-state index >= 15 is 0 Å². The molecule has 0 fully saturated rings. The molecule has 5 heteroatoms. The molecule has 2 rings (SSSR count). The molecule has 0 atom stereocenters. The lowest BCUT2D eigenvalue weighted by Gasteiger charge is -2.11. The maximum Gasteiger partial charge on any atom is 0.303 e. The Morgan fingerprint density at radius 3 is 2.71 bits per heavy atom. The SMILES string of the molecule is CC(C)n1cc(Br)nc1Oc1ccccc1Cl. The van der Waals surface area contributed by atoms with Gasteiger partial charge in [-0.3, -0.25) is 4.57 Å². The van der Waals surface area contributed by atoms with Crippen LogP contribution in [0.1, 0.15) is 19.9 Å². The van der Waals surface area contributed by atoms with E-state index in [9.17, 15) is 0 Å². The van der Waals surface area contributed by atoms with Crippen LogP contribution in [0.4, 0.5) is 0 Å². The fourth-order valence-corrected chi connectivity index (χ4v) is 1.97. The van der Waals surface area contributed by atoms with Gasteiger partial charge >= 0.3 is 6.01 Å². The molecule has 0 aliphatic heterocycles. The van der Waals surface area contributed by atoms with Gasteiger partial charge < -0.3 is 4.74 Å². The van der Waals surface area contributed by atoms with Gasteiger partial charge in [-0.1, -0.05) is 23.7 Å². The van der Waals surface area contributed by atoms with E-state index in [1.807, 2.05) is 29.0 Å². The van der Waals surface area contributed by atoms with E-state index in [1.54, 1.807) is 6.07 Å². The van der Waals surface area contributed by atoms with Gasteiger partial charge in [0.15, 0.2) is 0 Å². The van der Waals surface area contributed by atoms with Crippen LogP contribution >= 0.6 is 27.5 Å². The molecule has 0 amide bonds. The number of aromatic nitrogens is 2. The molecule has 3 nitrogen and oxygen atoms in total. The monoisotopic (exact) mass is 314 g/mol. The fourth-order valence-electron chi connectivity index (χ4n) is 1.42. The van der Waals surface area contributed by atoms with Crippen molar-refractivity contribution >= 4 is 27.5 Å². The first-order valence-corrected chi connectivity index (χ1v) is 6.42. The van der Waals surface area contributed by atoms with Crippen LogP contribution in [0.3, 0.4) is 0 Å². The minimum atomic E-state index is 0.270. The Labute approximate surface area is 114 Å². The van der Waals surface area contributed by atoms with Crippen LogP contribution in [-0.2, 0) is 0 Å². The summed E-state index contributed by atoms with van der Waals surface area (Å²) in [5.41, 5.74) is 0. The van der Waals surface area contributed by atoms with Crippen LogP contribution < -0.4 is 4.74 Å². The molecule has 17 heavy (non-hydrogen) atoms. The molecule has 0 spiro atoms. The quantitative estimate of drug-likeness (QED) is 0.823. The summed E-state index contributed by atoms with van der Waals surface area (Å²) in [5, 5.41) is 0.571. The highest BCUT2D eigenvalue weighted by Gasteiger charge is 2.12. The molecule has 0 saturated carbocycles. The molecule has 1 aromatic carbocycles. The second kappa shape index (κ2) is 5.10. The first-order valence-electron chi connectivity index (χ1n) is 5.24. The first-order chi connectivity index (χ1) is 8.08. The second-order valence-electron chi connectivity index (χ2n) is 3.88. The Bertz CT molecular complexity index is 525. The highest BCUT2D eigenvalue weighted by atomic mass is 79.9. The van der Waals surface area contributed by atoms with Crippen LogP contribution in [0.15, 0.2) is 35.1 Å². The Morgan fingerprint density at radius 1 is 1.35 bits per heavy atom. The lowest BCUT2D eigenvalue weighted by atomic mass is 10.3. The second-order valence-corrected chi connectivity index (χ2v) is 5.10. The number of para-hydroxylation sites is 1. The summed E-state index contributed by atoms with van der Waals surface area (Å²) in [6.07, 6.45) is 1.89. The predicted molar refractivity (Wildman–Crippen MR) is 71.8 cm³/mol. The number of rotatable bonds is 3. The molecule has 1 heterocycles. The molecule has 0 radical (unpaired) electrons. The smallest absolute Gasteiger partial charge is 0.303 e. The number of hydrogen-bond acceptors (Lipinski definition) is 2. The maximum atomic E-state index is 6.04. The summed E-state index contributed by atoms with van der Waals surface area (Å²) >= 11 is 9.38. The van der Waals surface area contributed by atoms with Crippen LogP contribution in [0.25, 0.3) is 0 Å². The number of ether oxygens (including phenoxy) is 1. The molecular formula is C12H12BrClN2O. The van der Waals surface area contributed by atoms with Crippen molar-refractivity contribution in [2.75, 3.05) is 0 Å². The van der Waals surface area contributed by atoms with Crippen molar-refractivity contribution in [1.29, 1.82) is 0 Å². The molecule has 0 aliphatic rings. The molecule has 90 valence electrons. The number of imidazole rings is 1. The molecule has 0 unspecified atom stereocenters. The Hall–Kier alpha value is -1.00. The van der Waals surface area contributed by atoms with Gasteiger partial charge in [-0.15, -0.1) is 0 Å². The van der Waals surface area contributed by atoms with E-state index < -0.39 is 0 Å². The molecule has 0 aliphatic carbocycles. The first kappa shape index (κ1) is 12.5. The number of halogens is 2. The molecule has 2 aromatic rings. The van der Waals surface area contributed by atoms with Gasteiger partial charge in [0.25, 0.3) is 0 Å².